The monoisotopic (exact) mass is 259 g/mol. The van der Waals surface area contributed by atoms with E-state index in [9.17, 15) is 8.42 Å². The third-order valence-electron chi connectivity index (χ3n) is 2.29. The number of hydrogen-bond acceptors (Lipinski definition) is 4. The van der Waals surface area contributed by atoms with Crippen LogP contribution in [0.15, 0.2) is 28.0 Å². The van der Waals surface area contributed by atoms with Gasteiger partial charge in [-0.2, -0.15) is 0 Å². The molecule has 0 unspecified atom stereocenters. The Morgan fingerprint density at radius 3 is 2.56 bits per heavy atom. The van der Waals surface area contributed by atoms with Crippen molar-refractivity contribution in [3.8, 4) is 0 Å². The zero-order chi connectivity index (χ0) is 12.2. The molecule has 0 aliphatic heterocycles. The highest BCUT2D eigenvalue weighted by molar-refractivity contribution is 7.99. The third-order valence-corrected chi connectivity index (χ3v) is 4.35. The van der Waals surface area contributed by atoms with Crippen LogP contribution in [0.4, 0.5) is 0 Å². The van der Waals surface area contributed by atoms with Gasteiger partial charge < -0.3 is 5.32 Å². The maximum absolute atomic E-state index is 11.5. The third kappa shape index (κ3) is 3.50. The van der Waals surface area contributed by atoms with Crippen molar-refractivity contribution in [2.75, 3.05) is 26.1 Å². The molecule has 5 heteroatoms. The molecule has 1 aromatic carbocycles. The van der Waals surface area contributed by atoms with E-state index in [1.54, 1.807) is 6.07 Å². The van der Waals surface area contributed by atoms with Crippen LogP contribution in [-0.4, -0.2) is 34.5 Å². The van der Waals surface area contributed by atoms with Gasteiger partial charge in [0, 0.05) is 11.2 Å². The summed E-state index contributed by atoms with van der Waals surface area (Å²) in [6.07, 6.45) is 4.05. The van der Waals surface area contributed by atoms with E-state index in [-0.39, 0.29) is 0 Å². The van der Waals surface area contributed by atoms with Gasteiger partial charge in [0.25, 0.3) is 0 Å². The molecule has 0 fully saturated rings. The summed E-state index contributed by atoms with van der Waals surface area (Å²) in [5.74, 6) is 0. The van der Waals surface area contributed by atoms with E-state index >= 15 is 0 Å². The van der Waals surface area contributed by atoms with Gasteiger partial charge in [0.1, 0.15) is 0 Å². The smallest absolute Gasteiger partial charge is 0.176 e. The normalized spacial score (nSPS) is 11.7. The van der Waals surface area contributed by atoms with E-state index < -0.39 is 9.84 Å². The molecule has 1 aromatic rings. The Morgan fingerprint density at radius 1 is 1.38 bits per heavy atom. The molecular weight excluding hydrogens is 242 g/mol. The first-order valence-corrected chi connectivity index (χ1v) is 8.12. The van der Waals surface area contributed by atoms with Crippen LogP contribution in [0.25, 0.3) is 0 Å². The Labute approximate surface area is 102 Å². The number of hydrogen-bond donors (Lipinski definition) is 1. The van der Waals surface area contributed by atoms with Crippen LogP contribution in [0.1, 0.15) is 5.56 Å². The van der Waals surface area contributed by atoms with E-state index in [1.165, 1.54) is 18.0 Å². The van der Waals surface area contributed by atoms with Crippen LogP contribution in [-0.2, 0) is 16.3 Å². The Balaban J connectivity index is 3.07. The lowest BCUT2D eigenvalue weighted by Gasteiger charge is -2.08. The first kappa shape index (κ1) is 13.5. The van der Waals surface area contributed by atoms with Crippen molar-refractivity contribution in [1.82, 2.24) is 5.32 Å². The summed E-state index contributed by atoms with van der Waals surface area (Å²) in [6.45, 7) is 0.895. The van der Waals surface area contributed by atoms with E-state index in [2.05, 4.69) is 5.32 Å². The largest absolute Gasteiger partial charge is 0.319 e. The van der Waals surface area contributed by atoms with Gasteiger partial charge in [-0.25, -0.2) is 8.42 Å². The van der Waals surface area contributed by atoms with Gasteiger partial charge in [0.2, 0.25) is 0 Å². The van der Waals surface area contributed by atoms with Gasteiger partial charge >= 0.3 is 0 Å². The number of nitrogens with one attached hydrogen (secondary N) is 1. The van der Waals surface area contributed by atoms with E-state index in [0.29, 0.717) is 4.90 Å². The van der Waals surface area contributed by atoms with Crippen molar-refractivity contribution < 1.29 is 8.42 Å². The second kappa shape index (κ2) is 5.70. The molecule has 0 aliphatic rings. The highest BCUT2D eigenvalue weighted by Gasteiger charge is 2.12. The molecule has 0 heterocycles. The number of sulfone groups is 1. The number of likely N-dealkylation sites (N-methyl/N-ethyl adjacent to an activating group) is 1. The Bertz CT molecular complexity index is 455. The molecule has 0 atom stereocenters. The first-order valence-electron chi connectivity index (χ1n) is 5.00. The molecule has 0 aliphatic carbocycles. The van der Waals surface area contributed by atoms with Crippen LogP contribution in [0.2, 0.25) is 0 Å². The van der Waals surface area contributed by atoms with Crippen LogP contribution in [0, 0.1) is 0 Å². The van der Waals surface area contributed by atoms with Crippen molar-refractivity contribution in [1.29, 1.82) is 0 Å². The van der Waals surface area contributed by atoms with Crippen molar-refractivity contribution in [3.05, 3.63) is 23.8 Å². The van der Waals surface area contributed by atoms with Crippen LogP contribution in [0.3, 0.4) is 0 Å². The molecule has 16 heavy (non-hydrogen) atoms. The van der Waals surface area contributed by atoms with E-state index in [0.717, 1.165) is 23.4 Å². The lowest BCUT2D eigenvalue weighted by atomic mass is 10.1. The molecule has 0 amide bonds. The topological polar surface area (TPSA) is 46.2 Å². The highest BCUT2D eigenvalue weighted by atomic mass is 32.2. The fraction of sp³-hybridized carbons (Fsp3) is 0.455. The molecule has 0 bridgehead atoms. The SMILES string of the molecule is CNCCc1ccc(S(C)(=O)=O)c(SC)c1. The van der Waals surface area contributed by atoms with E-state index in [4.69, 9.17) is 0 Å². The predicted molar refractivity (Wildman–Crippen MR) is 69.0 cm³/mol. The Kier molecular flexibility index (Phi) is 4.83. The highest BCUT2D eigenvalue weighted by Crippen LogP contribution is 2.26. The molecular formula is C11H17NO2S2. The van der Waals surface area contributed by atoms with Crippen LogP contribution in [0.5, 0.6) is 0 Å². The Morgan fingerprint density at radius 2 is 2.06 bits per heavy atom. The molecule has 1 N–H and O–H groups in total. The summed E-state index contributed by atoms with van der Waals surface area (Å²) in [7, 11) is -1.22. The molecule has 1 rings (SSSR count). The summed E-state index contributed by atoms with van der Waals surface area (Å²) in [4.78, 5) is 1.25. The standard InChI is InChI=1S/C11H17NO2S2/c1-12-7-6-9-4-5-11(16(3,13)14)10(8-9)15-2/h4-5,8,12H,6-7H2,1-3H3. The molecule has 3 nitrogen and oxygen atoms in total. The summed E-state index contributed by atoms with van der Waals surface area (Å²) in [5, 5.41) is 3.07. The van der Waals surface area contributed by atoms with Crippen molar-refractivity contribution in [3.63, 3.8) is 0 Å². The lowest BCUT2D eigenvalue weighted by Crippen LogP contribution is -2.10. The minimum Gasteiger partial charge on any atom is -0.319 e. The fourth-order valence-electron chi connectivity index (χ4n) is 1.44. The molecule has 0 saturated carbocycles. The van der Waals surface area contributed by atoms with Gasteiger partial charge in [-0.3, -0.25) is 0 Å². The summed E-state index contributed by atoms with van der Waals surface area (Å²) >= 11 is 1.47. The second-order valence-corrected chi connectivity index (χ2v) is 6.44. The van der Waals surface area contributed by atoms with Crippen molar-refractivity contribution in [2.24, 2.45) is 0 Å². The average Bonchev–Trinajstić information content (AvgIpc) is 2.24. The maximum Gasteiger partial charge on any atom is 0.176 e. The van der Waals surface area contributed by atoms with Gasteiger partial charge in [0.15, 0.2) is 9.84 Å². The minimum absolute atomic E-state index is 0.424. The van der Waals surface area contributed by atoms with Crippen LogP contribution < -0.4 is 5.32 Å². The molecule has 0 spiro atoms. The predicted octanol–water partition coefficient (Wildman–Crippen LogP) is 1.57. The van der Waals surface area contributed by atoms with E-state index in [1.807, 2.05) is 25.4 Å². The first-order chi connectivity index (χ1) is 7.49. The van der Waals surface area contributed by atoms with Gasteiger partial charge in [-0.15, -0.1) is 11.8 Å². The summed E-state index contributed by atoms with van der Waals surface area (Å²) < 4.78 is 23.0. The number of thioether (sulfide) groups is 1. The van der Waals surface area contributed by atoms with Gasteiger partial charge in [-0.05, 0) is 44.0 Å². The van der Waals surface area contributed by atoms with Crippen molar-refractivity contribution >= 4 is 21.6 Å². The summed E-state index contributed by atoms with van der Waals surface area (Å²) in [6, 6.07) is 5.54. The van der Waals surface area contributed by atoms with Crippen LogP contribution >= 0.6 is 11.8 Å². The number of benzene rings is 1. The molecule has 0 saturated heterocycles. The van der Waals surface area contributed by atoms with Crippen molar-refractivity contribution in [2.45, 2.75) is 16.2 Å². The Hall–Kier alpha value is -0.520. The van der Waals surface area contributed by atoms with Gasteiger partial charge in [-0.1, -0.05) is 6.07 Å². The minimum atomic E-state index is -3.12. The molecule has 0 radical (unpaired) electrons. The average molecular weight is 259 g/mol. The second-order valence-electron chi connectivity index (χ2n) is 3.61. The molecule has 0 aromatic heterocycles. The number of rotatable bonds is 5. The zero-order valence-corrected chi connectivity index (χ0v) is 11.4. The van der Waals surface area contributed by atoms with Gasteiger partial charge in [0.05, 0.1) is 4.90 Å². The maximum atomic E-state index is 11.5. The quantitative estimate of drug-likeness (QED) is 0.815. The fourth-order valence-corrected chi connectivity index (χ4v) is 3.43. The zero-order valence-electron chi connectivity index (χ0n) is 9.78. The molecule has 90 valence electrons. The summed E-state index contributed by atoms with van der Waals surface area (Å²) in [5.41, 5.74) is 1.16. The lowest BCUT2D eigenvalue weighted by molar-refractivity contribution is 0.600.